The van der Waals surface area contributed by atoms with Gasteiger partial charge in [-0.15, -0.1) is 11.8 Å². The van der Waals surface area contributed by atoms with Gasteiger partial charge in [-0.2, -0.15) is 5.10 Å². The van der Waals surface area contributed by atoms with Crippen molar-refractivity contribution in [1.82, 2.24) is 10.3 Å². The van der Waals surface area contributed by atoms with Gasteiger partial charge in [-0.3, -0.25) is 14.4 Å². The van der Waals surface area contributed by atoms with Crippen molar-refractivity contribution in [2.45, 2.75) is 19.4 Å². The number of nitrogens with zero attached hydrogens (tertiary/aromatic N) is 2. The minimum Gasteiger partial charge on any atom is -0.324 e. The number of hydrogen-bond acceptors (Lipinski definition) is 5. The van der Waals surface area contributed by atoms with Crippen molar-refractivity contribution in [2.75, 3.05) is 16.9 Å². The molecule has 7 nitrogen and oxygen atoms in total. The summed E-state index contributed by atoms with van der Waals surface area (Å²) in [4.78, 5) is 36.0. The molecule has 2 atom stereocenters. The molecule has 126 valence electrons. The third kappa shape index (κ3) is 3.43. The summed E-state index contributed by atoms with van der Waals surface area (Å²) in [5.41, 5.74) is 4.90. The molecule has 3 rings (SSSR count). The van der Waals surface area contributed by atoms with Gasteiger partial charge in [-0.1, -0.05) is 19.1 Å². The number of rotatable bonds is 4. The van der Waals surface area contributed by atoms with Crippen molar-refractivity contribution in [2.24, 2.45) is 11.0 Å². The minimum absolute atomic E-state index is 0.0517. The number of benzene rings is 1. The fraction of sp³-hybridized carbons (Fsp3) is 0.375. The molecule has 2 unspecified atom stereocenters. The Morgan fingerprint density at radius 3 is 2.83 bits per heavy atom. The maximum absolute atomic E-state index is 12.3. The van der Waals surface area contributed by atoms with E-state index < -0.39 is 6.04 Å². The zero-order valence-electron chi connectivity index (χ0n) is 13.2. The first kappa shape index (κ1) is 16.5. The molecule has 1 fully saturated rings. The van der Waals surface area contributed by atoms with Gasteiger partial charge >= 0.3 is 0 Å². The van der Waals surface area contributed by atoms with E-state index in [9.17, 15) is 14.4 Å². The van der Waals surface area contributed by atoms with Crippen molar-refractivity contribution in [3.8, 4) is 0 Å². The van der Waals surface area contributed by atoms with Crippen LogP contribution in [-0.4, -0.2) is 46.5 Å². The van der Waals surface area contributed by atoms with E-state index in [4.69, 9.17) is 0 Å². The SMILES string of the molecule is CC1CC(=O)NN=C1c1ccc(NC(=O)C2CSCN2C=O)cc1. The van der Waals surface area contributed by atoms with Gasteiger partial charge in [0.15, 0.2) is 0 Å². The number of hydrazone groups is 1. The van der Waals surface area contributed by atoms with Crippen molar-refractivity contribution in [3.05, 3.63) is 29.8 Å². The first-order valence-corrected chi connectivity index (χ1v) is 8.80. The van der Waals surface area contributed by atoms with Crippen LogP contribution in [0.2, 0.25) is 0 Å². The number of thioether (sulfide) groups is 1. The second kappa shape index (κ2) is 7.04. The topological polar surface area (TPSA) is 90.9 Å². The zero-order valence-corrected chi connectivity index (χ0v) is 14.0. The van der Waals surface area contributed by atoms with Crippen LogP contribution >= 0.6 is 11.8 Å². The van der Waals surface area contributed by atoms with E-state index in [0.717, 1.165) is 11.3 Å². The first-order chi connectivity index (χ1) is 11.6. The Hall–Kier alpha value is -2.35. The quantitative estimate of drug-likeness (QED) is 0.796. The van der Waals surface area contributed by atoms with Gasteiger partial charge in [0.05, 0.1) is 11.6 Å². The standard InChI is InChI=1S/C16H18N4O3S/c1-10-6-14(22)18-19-15(10)11-2-4-12(5-3-11)17-16(23)13-7-24-9-20(13)8-21/h2-5,8,10,13H,6-7,9H2,1H3,(H,17,23)(H,18,22). The molecule has 0 aliphatic carbocycles. The first-order valence-electron chi connectivity index (χ1n) is 7.65. The predicted molar refractivity (Wildman–Crippen MR) is 92.5 cm³/mol. The summed E-state index contributed by atoms with van der Waals surface area (Å²) in [6.07, 6.45) is 1.13. The lowest BCUT2D eigenvalue weighted by atomic mass is 9.94. The van der Waals surface area contributed by atoms with Crippen molar-refractivity contribution in [3.63, 3.8) is 0 Å². The fourth-order valence-corrected chi connectivity index (χ4v) is 3.86. The lowest BCUT2D eigenvalue weighted by molar-refractivity contribution is -0.127. The molecule has 0 aromatic heterocycles. The summed E-state index contributed by atoms with van der Waals surface area (Å²) in [5.74, 6) is 0.941. The van der Waals surface area contributed by atoms with Crippen molar-refractivity contribution >= 4 is 41.4 Å². The van der Waals surface area contributed by atoms with Crippen molar-refractivity contribution < 1.29 is 14.4 Å². The zero-order chi connectivity index (χ0) is 17.1. The molecule has 2 N–H and O–H groups in total. The van der Waals surface area contributed by atoms with E-state index in [1.54, 1.807) is 23.9 Å². The minimum atomic E-state index is -0.426. The summed E-state index contributed by atoms with van der Waals surface area (Å²) in [6, 6.07) is 6.90. The largest absolute Gasteiger partial charge is 0.324 e. The third-order valence-corrected chi connectivity index (χ3v) is 5.09. The highest BCUT2D eigenvalue weighted by Gasteiger charge is 2.30. The third-order valence-electron chi connectivity index (χ3n) is 4.06. The van der Waals surface area contributed by atoms with E-state index in [2.05, 4.69) is 15.8 Å². The van der Waals surface area contributed by atoms with Gasteiger partial charge in [-0.05, 0) is 17.7 Å². The maximum Gasteiger partial charge on any atom is 0.248 e. The fourth-order valence-electron chi connectivity index (χ4n) is 2.74. The van der Waals surface area contributed by atoms with Gasteiger partial charge in [0.2, 0.25) is 18.2 Å². The molecule has 0 bridgehead atoms. The number of carbonyl (C=O) groups is 3. The summed E-state index contributed by atoms with van der Waals surface area (Å²) in [7, 11) is 0. The molecule has 1 aromatic rings. The Kier molecular flexibility index (Phi) is 4.84. The molecule has 2 aliphatic heterocycles. The number of nitrogens with one attached hydrogen (secondary N) is 2. The van der Waals surface area contributed by atoms with Gasteiger partial charge in [0, 0.05) is 23.8 Å². The van der Waals surface area contributed by atoms with E-state index in [1.165, 1.54) is 4.90 Å². The Morgan fingerprint density at radius 1 is 1.42 bits per heavy atom. The highest BCUT2D eigenvalue weighted by molar-refractivity contribution is 7.99. The molecule has 24 heavy (non-hydrogen) atoms. The molecule has 2 aliphatic rings. The number of hydrogen-bond donors (Lipinski definition) is 2. The predicted octanol–water partition coefficient (Wildman–Crippen LogP) is 1.02. The van der Waals surface area contributed by atoms with Gasteiger partial charge in [-0.25, -0.2) is 5.43 Å². The molecule has 3 amide bonds. The van der Waals surface area contributed by atoms with Crippen LogP contribution in [0.15, 0.2) is 29.4 Å². The van der Waals surface area contributed by atoms with Crippen molar-refractivity contribution in [1.29, 1.82) is 0 Å². The highest BCUT2D eigenvalue weighted by atomic mass is 32.2. The second-order valence-electron chi connectivity index (χ2n) is 5.84. The number of anilines is 1. The Bertz CT molecular complexity index is 689. The Balaban J connectivity index is 1.68. The average Bonchev–Trinajstić information content (AvgIpc) is 3.05. The van der Waals surface area contributed by atoms with E-state index in [0.29, 0.717) is 30.1 Å². The summed E-state index contributed by atoms with van der Waals surface area (Å²) in [5, 5.41) is 6.95. The molecule has 0 spiro atoms. The number of carbonyl (C=O) groups excluding carboxylic acids is 3. The lowest BCUT2D eigenvalue weighted by Crippen LogP contribution is -2.40. The lowest BCUT2D eigenvalue weighted by Gasteiger charge is -2.20. The molecule has 0 saturated carbocycles. The van der Waals surface area contributed by atoms with Gasteiger partial charge < -0.3 is 10.2 Å². The van der Waals surface area contributed by atoms with E-state index in [1.807, 2.05) is 19.1 Å². The van der Waals surface area contributed by atoms with Crippen LogP contribution in [0.5, 0.6) is 0 Å². The molecule has 0 radical (unpaired) electrons. The molecular formula is C16H18N4O3S. The molecule has 1 aromatic carbocycles. The van der Waals surface area contributed by atoms with Gasteiger partial charge in [0.1, 0.15) is 6.04 Å². The van der Waals surface area contributed by atoms with Crippen LogP contribution in [0.3, 0.4) is 0 Å². The van der Waals surface area contributed by atoms with E-state index >= 15 is 0 Å². The molecular weight excluding hydrogens is 328 g/mol. The smallest absolute Gasteiger partial charge is 0.248 e. The van der Waals surface area contributed by atoms with Crippen LogP contribution in [0.4, 0.5) is 5.69 Å². The Labute approximate surface area is 143 Å². The summed E-state index contributed by atoms with van der Waals surface area (Å²) >= 11 is 1.56. The number of amides is 3. The molecule has 8 heteroatoms. The molecule has 1 saturated heterocycles. The van der Waals surface area contributed by atoms with Crippen LogP contribution < -0.4 is 10.7 Å². The van der Waals surface area contributed by atoms with Crippen LogP contribution in [0, 0.1) is 5.92 Å². The maximum atomic E-state index is 12.3. The summed E-state index contributed by atoms with van der Waals surface area (Å²) in [6.45, 7) is 1.96. The second-order valence-corrected chi connectivity index (χ2v) is 6.84. The highest BCUT2D eigenvalue weighted by Crippen LogP contribution is 2.22. The van der Waals surface area contributed by atoms with E-state index in [-0.39, 0.29) is 17.7 Å². The monoisotopic (exact) mass is 346 g/mol. The summed E-state index contributed by atoms with van der Waals surface area (Å²) < 4.78 is 0. The van der Waals surface area contributed by atoms with Crippen LogP contribution in [0.1, 0.15) is 18.9 Å². The van der Waals surface area contributed by atoms with Crippen LogP contribution in [-0.2, 0) is 14.4 Å². The Morgan fingerprint density at radius 2 is 2.17 bits per heavy atom. The molecule has 2 heterocycles. The van der Waals surface area contributed by atoms with Crippen LogP contribution in [0.25, 0.3) is 0 Å². The van der Waals surface area contributed by atoms with Gasteiger partial charge in [0.25, 0.3) is 0 Å². The normalized spacial score (nSPS) is 23.5. The average molecular weight is 346 g/mol.